The van der Waals surface area contributed by atoms with Crippen molar-refractivity contribution in [3.05, 3.63) is 48.0 Å². The normalized spacial score (nSPS) is 10.3. The highest BCUT2D eigenvalue weighted by molar-refractivity contribution is 5.89. The summed E-state index contributed by atoms with van der Waals surface area (Å²) in [5.74, 6) is -0.453. The molecular weight excluding hydrogens is 247 g/mol. The Bertz CT molecular complexity index is 582. The van der Waals surface area contributed by atoms with Gasteiger partial charge in [-0.25, -0.2) is 9.18 Å². The molecule has 0 radical (unpaired) electrons. The van der Waals surface area contributed by atoms with Crippen LogP contribution in [0.5, 0.6) is 0 Å². The van der Waals surface area contributed by atoms with Gasteiger partial charge in [-0.05, 0) is 12.1 Å². The SMILES string of the molecule is CN(Cc1cnn(C)c1)C(=O)Nc1ccccc1F. The van der Waals surface area contributed by atoms with Crippen molar-refractivity contribution in [2.45, 2.75) is 6.54 Å². The fraction of sp³-hybridized carbons (Fsp3) is 0.231. The Kier molecular flexibility index (Phi) is 3.79. The van der Waals surface area contributed by atoms with Crippen molar-refractivity contribution < 1.29 is 9.18 Å². The Hall–Kier alpha value is -2.37. The summed E-state index contributed by atoms with van der Waals surface area (Å²) in [6.07, 6.45) is 3.51. The second-order valence-corrected chi connectivity index (χ2v) is 4.29. The zero-order valence-corrected chi connectivity index (χ0v) is 10.8. The van der Waals surface area contributed by atoms with Gasteiger partial charge in [-0.15, -0.1) is 0 Å². The molecule has 0 unspecified atom stereocenters. The number of carbonyl (C=O) groups is 1. The molecule has 2 aromatic rings. The standard InChI is InChI=1S/C13H15FN4O/c1-17(8-10-7-15-18(2)9-10)13(19)16-12-6-4-3-5-11(12)14/h3-7,9H,8H2,1-2H3,(H,16,19). The predicted octanol–water partition coefficient (Wildman–Crippen LogP) is 2.22. The number of carbonyl (C=O) groups excluding carboxylic acids is 1. The van der Waals surface area contributed by atoms with Crippen LogP contribution in [0.2, 0.25) is 0 Å². The van der Waals surface area contributed by atoms with Gasteiger partial charge in [0.05, 0.1) is 18.4 Å². The number of aryl methyl sites for hydroxylation is 1. The first-order valence-corrected chi connectivity index (χ1v) is 5.80. The molecule has 0 aliphatic rings. The number of amides is 2. The second-order valence-electron chi connectivity index (χ2n) is 4.29. The zero-order valence-electron chi connectivity index (χ0n) is 10.8. The van der Waals surface area contributed by atoms with E-state index in [0.29, 0.717) is 6.54 Å². The van der Waals surface area contributed by atoms with Gasteiger partial charge in [0.15, 0.2) is 0 Å². The molecule has 2 amide bonds. The van der Waals surface area contributed by atoms with Gasteiger partial charge >= 0.3 is 6.03 Å². The number of para-hydroxylation sites is 1. The van der Waals surface area contributed by atoms with Gasteiger partial charge in [0.25, 0.3) is 0 Å². The molecule has 0 aliphatic heterocycles. The monoisotopic (exact) mass is 262 g/mol. The number of nitrogens with zero attached hydrogens (tertiary/aromatic N) is 3. The van der Waals surface area contributed by atoms with Crippen LogP contribution in [0.25, 0.3) is 0 Å². The molecule has 0 saturated carbocycles. The van der Waals surface area contributed by atoms with Crippen molar-refractivity contribution in [3.63, 3.8) is 0 Å². The van der Waals surface area contributed by atoms with Crippen molar-refractivity contribution in [3.8, 4) is 0 Å². The minimum absolute atomic E-state index is 0.172. The van der Waals surface area contributed by atoms with E-state index < -0.39 is 5.82 Å². The molecule has 0 saturated heterocycles. The van der Waals surface area contributed by atoms with Crippen molar-refractivity contribution >= 4 is 11.7 Å². The lowest BCUT2D eigenvalue weighted by Gasteiger charge is -2.17. The average molecular weight is 262 g/mol. The van der Waals surface area contributed by atoms with Crippen LogP contribution in [-0.4, -0.2) is 27.8 Å². The highest BCUT2D eigenvalue weighted by atomic mass is 19.1. The van der Waals surface area contributed by atoms with Crippen molar-refractivity contribution in [1.29, 1.82) is 0 Å². The maximum absolute atomic E-state index is 13.4. The lowest BCUT2D eigenvalue weighted by atomic mass is 10.3. The Morgan fingerprint density at radius 3 is 2.84 bits per heavy atom. The zero-order chi connectivity index (χ0) is 13.8. The molecule has 100 valence electrons. The quantitative estimate of drug-likeness (QED) is 0.922. The van der Waals surface area contributed by atoms with E-state index in [1.807, 2.05) is 13.2 Å². The third-order valence-electron chi connectivity index (χ3n) is 2.64. The summed E-state index contributed by atoms with van der Waals surface area (Å²) < 4.78 is 15.1. The Morgan fingerprint density at radius 1 is 1.47 bits per heavy atom. The van der Waals surface area contributed by atoms with Crippen molar-refractivity contribution in [2.24, 2.45) is 7.05 Å². The number of nitrogens with one attached hydrogen (secondary N) is 1. The molecule has 5 nitrogen and oxygen atoms in total. The van der Waals surface area contributed by atoms with E-state index in [0.717, 1.165) is 5.56 Å². The van der Waals surface area contributed by atoms with Gasteiger partial charge in [-0.3, -0.25) is 4.68 Å². The summed E-state index contributed by atoms with van der Waals surface area (Å²) in [6.45, 7) is 0.411. The van der Waals surface area contributed by atoms with E-state index >= 15 is 0 Å². The van der Waals surface area contributed by atoms with Crippen LogP contribution < -0.4 is 5.32 Å². The molecule has 0 bridgehead atoms. The van der Waals surface area contributed by atoms with Gasteiger partial charge in [-0.2, -0.15) is 5.10 Å². The lowest BCUT2D eigenvalue weighted by molar-refractivity contribution is 0.220. The van der Waals surface area contributed by atoms with Crippen molar-refractivity contribution in [1.82, 2.24) is 14.7 Å². The third-order valence-corrected chi connectivity index (χ3v) is 2.64. The highest BCUT2D eigenvalue weighted by Crippen LogP contribution is 2.13. The summed E-state index contributed by atoms with van der Waals surface area (Å²) in [5.41, 5.74) is 1.08. The molecule has 0 atom stereocenters. The van der Waals surface area contributed by atoms with Crippen LogP contribution in [0.15, 0.2) is 36.7 Å². The number of urea groups is 1. The van der Waals surface area contributed by atoms with E-state index in [1.54, 1.807) is 30.1 Å². The van der Waals surface area contributed by atoms with Crippen LogP contribution in [0, 0.1) is 5.82 Å². The third kappa shape index (κ3) is 3.31. The fourth-order valence-electron chi connectivity index (χ4n) is 1.67. The first kappa shape index (κ1) is 13.1. The van der Waals surface area contributed by atoms with E-state index in [1.165, 1.54) is 17.0 Å². The van der Waals surface area contributed by atoms with Crippen LogP contribution in [-0.2, 0) is 13.6 Å². The molecule has 0 aliphatic carbocycles. The van der Waals surface area contributed by atoms with Crippen LogP contribution in [0.3, 0.4) is 0 Å². The second kappa shape index (κ2) is 5.51. The fourth-order valence-corrected chi connectivity index (χ4v) is 1.67. The van der Waals surface area contributed by atoms with E-state index in [9.17, 15) is 9.18 Å². The molecule has 19 heavy (non-hydrogen) atoms. The van der Waals surface area contributed by atoms with Crippen molar-refractivity contribution in [2.75, 3.05) is 12.4 Å². The molecule has 1 heterocycles. The molecule has 6 heteroatoms. The number of aromatic nitrogens is 2. The molecule has 0 fully saturated rings. The van der Waals surface area contributed by atoms with Gasteiger partial charge in [0, 0.05) is 25.9 Å². The van der Waals surface area contributed by atoms with E-state index in [2.05, 4.69) is 10.4 Å². The first-order valence-electron chi connectivity index (χ1n) is 5.80. The number of benzene rings is 1. The molecular formula is C13H15FN4O. The summed E-state index contributed by atoms with van der Waals surface area (Å²) in [7, 11) is 3.45. The lowest BCUT2D eigenvalue weighted by Crippen LogP contribution is -2.31. The topological polar surface area (TPSA) is 50.2 Å². The molecule has 2 rings (SSSR count). The number of rotatable bonds is 3. The molecule has 0 spiro atoms. The minimum Gasteiger partial charge on any atom is -0.323 e. The maximum Gasteiger partial charge on any atom is 0.321 e. The molecule has 1 aromatic carbocycles. The highest BCUT2D eigenvalue weighted by Gasteiger charge is 2.12. The largest absolute Gasteiger partial charge is 0.323 e. The summed E-state index contributed by atoms with van der Waals surface area (Å²) >= 11 is 0. The van der Waals surface area contributed by atoms with Gasteiger partial charge in [0.2, 0.25) is 0 Å². The number of hydrogen-bond donors (Lipinski definition) is 1. The van der Waals surface area contributed by atoms with Gasteiger partial charge in [0.1, 0.15) is 5.82 Å². The smallest absolute Gasteiger partial charge is 0.321 e. The minimum atomic E-state index is -0.453. The van der Waals surface area contributed by atoms with E-state index in [-0.39, 0.29) is 11.7 Å². The van der Waals surface area contributed by atoms with Crippen LogP contribution >= 0.6 is 0 Å². The Balaban J connectivity index is 1.98. The number of hydrogen-bond acceptors (Lipinski definition) is 2. The predicted molar refractivity (Wildman–Crippen MR) is 70.1 cm³/mol. The van der Waals surface area contributed by atoms with E-state index in [4.69, 9.17) is 0 Å². The summed E-state index contributed by atoms with van der Waals surface area (Å²) in [4.78, 5) is 13.4. The average Bonchev–Trinajstić information content (AvgIpc) is 2.77. The van der Waals surface area contributed by atoms with Crippen LogP contribution in [0.1, 0.15) is 5.56 Å². The molecule has 1 aromatic heterocycles. The first-order chi connectivity index (χ1) is 9.06. The molecule has 1 N–H and O–H groups in total. The number of halogens is 1. The van der Waals surface area contributed by atoms with Gasteiger partial charge in [-0.1, -0.05) is 12.1 Å². The summed E-state index contributed by atoms with van der Waals surface area (Å²) in [6, 6.07) is 5.69. The Labute approximate surface area is 110 Å². The van der Waals surface area contributed by atoms with Gasteiger partial charge < -0.3 is 10.2 Å². The maximum atomic E-state index is 13.4. The summed E-state index contributed by atoms with van der Waals surface area (Å²) in [5, 5.41) is 6.55. The van der Waals surface area contributed by atoms with Crippen LogP contribution in [0.4, 0.5) is 14.9 Å². The number of anilines is 1. The Morgan fingerprint density at radius 2 is 2.21 bits per heavy atom.